The van der Waals surface area contributed by atoms with E-state index >= 15 is 0 Å². The smallest absolute Gasteiger partial charge is 0.215 e. The van der Waals surface area contributed by atoms with Crippen LogP contribution < -0.4 is 15.4 Å². The van der Waals surface area contributed by atoms with Gasteiger partial charge in [-0.15, -0.1) is 0 Å². The molecule has 3 N–H and O–H groups in total. The molecule has 0 saturated heterocycles. The van der Waals surface area contributed by atoms with Crippen molar-refractivity contribution in [2.45, 2.75) is 6.54 Å². The molecule has 5 nitrogen and oxygen atoms in total. The summed E-state index contributed by atoms with van der Waals surface area (Å²) in [5.41, 5.74) is 7.68. The number of methoxy groups -OCH3 is 1. The fraction of sp³-hybridized carbons (Fsp3) is 0.267. The third-order valence-corrected chi connectivity index (χ3v) is 2.97. The summed E-state index contributed by atoms with van der Waals surface area (Å²) in [5, 5.41) is 9.25. The van der Waals surface area contributed by atoms with E-state index in [1.807, 2.05) is 35.2 Å². The normalized spacial score (nSPS) is 10.3. The van der Waals surface area contributed by atoms with Crippen molar-refractivity contribution >= 4 is 11.5 Å². The van der Waals surface area contributed by atoms with Crippen molar-refractivity contribution in [3.63, 3.8) is 0 Å². The fourth-order valence-corrected chi connectivity index (χ4v) is 1.99. The molecular formula is C15H19N3O2. The van der Waals surface area contributed by atoms with Gasteiger partial charge in [-0.05, 0) is 11.6 Å². The number of nitrogens with two attached hydrogens (primary N) is 1. The SMILES string of the molecule is COc1ccc(N)c(N(CCO)Cc2ccccc2)n1. The van der Waals surface area contributed by atoms with Crippen molar-refractivity contribution in [3.05, 3.63) is 48.0 Å². The number of pyridine rings is 1. The number of aromatic nitrogens is 1. The Bertz CT molecular complexity index is 546. The number of aliphatic hydroxyl groups is 1. The van der Waals surface area contributed by atoms with Crippen LogP contribution in [-0.4, -0.2) is 30.4 Å². The first-order valence-corrected chi connectivity index (χ1v) is 6.45. The molecule has 1 heterocycles. The van der Waals surface area contributed by atoms with E-state index < -0.39 is 0 Å². The summed E-state index contributed by atoms with van der Waals surface area (Å²) in [6.45, 7) is 1.12. The van der Waals surface area contributed by atoms with Crippen LogP contribution in [0.4, 0.5) is 11.5 Å². The number of hydrogen-bond acceptors (Lipinski definition) is 5. The molecule has 0 aliphatic rings. The second-order valence-corrected chi connectivity index (χ2v) is 4.40. The Morgan fingerprint density at radius 1 is 1.20 bits per heavy atom. The molecule has 0 atom stereocenters. The average molecular weight is 273 g/mol. The molecule has 0 aliphatic heterocycles. The van der Waals surface area contributed by atoms with Gasteiger partial charge in [0.2, 0.25) is 5.88 Å². The molecule has 0 unspecified atom stereocenters. The Kier molecular flexibility index (Phi) is 4.79. The lowest BCUT2D eigenvalue weighted by atomic mass is 10.2. The first kappa shape index (κ1) is 14.1. The highest BCUT2D eigenvalue weighted by Gasteiger charge is 2.13. The summed E-state index contributed by atoms with van der Waals surface area (Å²) in [5.74, 6) is 1.13. The maximum atomic E-state index is 9.25. The third-order valence-electron chi connectivity index (χ3n) is 2.97. The number of nitrogens with zero attached hydrogens (tertiary/aromatic N) is 2. The summed E-state index contributed by atoms with van der Waals surface area (Å²) >= 11 is 0. The first-order chi connectivity index (χ1) is 9.74. The highest BCUT2D eigenvalue weighted by molar-refractivity contribution is 5.63. The van der Waals surface area contributed by atoms with Crippen molar-refractivity contribution in [1.82, 2.24) is 4.98 Å². The molecule has 1 aromatic heterocycles. The quantitative estimate of drug-likeness (QED) is 0.837. The van der Waals surface area contributed by atoms with Crippen LogP contribution in [0.2, 0.25) is 0 Å². The van der Waals surface area contributed by atoms with Gasteiger partial charge in [0.05, 0.1) is 19.4 Å². The largest absolute Gasteiger partial charge is 0.481 e. The summed E-state index contributed by atoms with van der Waals surface area (Å²) in [4.78, 5) is 6.31. The number of benzene rings is 1. The summed E-state index contributed by atoms with van der Waals surface area (Å²) in [6, 6.07) is 13.5. The molecule has 0 radical (unpaired) electrons. The lowest BCUT2D eigenvalue weighted by molar-refractivity contribution is 0.301. The number of nitrogen functional groups attached to an aromatic ring is 1. The monoisotopic (exact) mass is 273 g/mol. The van der Waals surface area contributed by atoms with Gasteiger partial charge in [-0.2, -0.15) is 4.98 Å². The van der Waals surface area contributed by atoms with Crippen LogP contribution in [0, 0.1) is 0 Å². The van der Waals surface area contributed by atoms with Crippen LogP contribution in [-0.2, 0) is 6.54 Å². The predicted octanol–water partition coefficient (Wildman–Crippen LogP) is 1.67. The highest BCUT2D eigenvalue weighted by atomic mass is 16.5. The van der Waals surface area contributed by atoms with E-state index in [2.05, 4.69) is 4.98 Å². The van der Waals surface area contributed by atoms with Gasteiger partial charge in [0.1, 0.15) is 0 Å². The van der Waals surface area contributed by atoms with Crippen molar-refractivity contribution in [1.29, 1.82) is 0 Å². The van der Waals surface area contributed by atoms with Crippen molar-refractivity contribution in [3.8, 4) is 5.88 Å². The maximum Gasteiger partial charge on any atom is 0.215 e. The van der Waals surface area contributed by atoms with Crippen molar-refractivity contribution < 1.29 is 9.84 Å². The molecule has 1 aromatic carbocycles. The Morgan fingerprint density at radius 3 is 2.60 bits per heavy atom. The minimum Gasteiger partial charge on any atom is -0.481 e. The van der Waals surface area contributed by atoms with Gasteiger partial charge in [-0.1, -0.05) is 30.3 Å². The van der Waals surface area contributed by atoms with Crippen LogP contribution in [0.25, 0.3) is 0 Å². The zero-order valence-electron chi connectivity index (χ0n) is 11.5. The number of aliphatic hydroxyl groups excluding tert-OH is 1. The molecule has 106 valence electrons. The minimum absolute atomic E-state index is 0.0329. The zero-order chi connectivity index (χ0) is 14.4. The number of anilines is 2. The van der Waals surface area contributed by atoms with Crippen molar-refractivity contribution in [2.24, 2.45) is 0 Å². The number of rotatable bonds is 6. The van der Waals surface area contributed by atoms with E-state index in [4.69, 9.17) is 10.5 Å². The molecule has 5 heteroatoms. The standard InChI is InChI=1S/C15H19N3O2/c1-20-14-8-7-13(16)15(17-14)18(9-10-19)11-12-5-3-2-4-6-12/h2-8,19H,9-11,16H2,1H3. The summed E-state index contributed by atoms with van der Waals surface area (Å²) < 4.78 is 5.13. The topological polar surface area (TPSA) is 71.6 Å². The van der Waals surface area contributed by atoms with Crippen molar-refractivity contribution in [2.75, 3.05) is 30.9 Å². The van der Waals surface area contributed by atoms with Crippen LogP contribution in [0.3, 0.4) is 0 Å². The Balaban J connectivity index is 2.28. The second kappa shape index (κ2) is 6.77. The van der Waals surface area contributed by atoms with Gasteiger partial charge in [-0.25, -0.2) is 0 Å². The summed E-state index contributed by atoms with van der Waals surface area (Å²) in [6.07, 6.45) is 0. The van der Waals surface area contributed by atoms with Crippen LogP contribution in [0.5, 0.6) is 5.88 Å². The summed E-state index contributed by atoms with van der Waals surface area (Å²) in [7, 11) is 1.57. The van der Waals surface area contributed by atoms with E-state index in [9.17, 15) is 5.11 Å². The van der Waals surface area contributed by atoms with Gasteiger partial charge in [0, 0.05) is 19.2 Å². The molecular weight excluding hydrogens is 254 g/mol. The molecule has 2 aromatic rings. The number of hydrogen-bond donors (Lipinski definition) is 2. The van der Waals surface area contributed by atoms with Gasteiger partial charge in [-0.3, -0.25) is 0 Å². The maximum absolute atomic E-state index is 9.25. The third kappa shape index (κ3) is 3.39. The van der Waals surface area contributed by atoms with E-state index in [0.29, 0.717) is 30.5 Å². The average Bonchev–Trinajstić information content (AvgIpc) is 2.48. The Hall–Kier alpha value is -2.27. The predicted molar refractivity (Wildman–Crippen MR) is 79.8 cm³/mol. The zero-order valence-corrected chi connectivity index (χ0v) is 11.5. The Morgan fingerprint density at radius 2 is 1.95 bits per heavy atom. The first-order valence-electron chi connectivity index (χ1n) is 6.45. The molecule has 2 rings (SSSR count). The molecule has 0 bridgehead atoms. The molecule has 0 aliphatic carbocycles. The lowest BCUT2D eigenvalue weighted by Crippen LogP contribution is -2.28. The Labute approximate surface area is 118 Å². The van der Waals surface area contributed by atoms with Gasteiger partial charge < -0.3 is 20.5 Å². The lowest BCUT2D eigenvalue weighted by Gasteiger charge is -2.24. The van der Waals surface area contributed by atoms with Crippen LogP contribution >= 0.6 is 0 Å². The highest BCUT2D eigenvalue weighted by Crippen LogP contribution is 2.25. The molecule has 0 amide bonds. The number of ether oxygens (including phenoxy) is 1. The molecule has 20 heavy (non-hydrogen) atoms. The van der Waals surface area contributed by atoms with Gasteiger partial charge in [0.25, 0.3) is 0 Å². The molecule has 0 saturated carbocycles. The van der Waals surface area contributed by atoms with E-state index in [1.165, 1.54) is 0 Å². The molecule has 0 spiro atoms. The van der Waals surface area contributed by atoms with E-state index in [1.54, 1.807) is 19.2 Å². The van der Waals surface area contributed by atoms with E-state index in [0.717, 1.165) is 5.56 Å². The van der Waals surface area contributed by atoms with Crippen LogP contribution in [0.1, 0.15) is 5.56 Å². The second-order valence-electron chi connectivity index (χ2n) is 4.40. The van der Waals surface area contributed by atoms with Crippen LogP contribution in [0.15, 0.2) is 42.5 Å². The van der Waals surface area contributed by atoms with Gasteiger partial charge in [0.15, 0.2) is 5.82 Å². The fourth-order valence-electron chi connectivity index (χ4n) is 1.99. The minimum atomic E-state index is 0.0329. The van der Waals surface area contributed by atoms with E-state index in [-0.39, 0.29) is 6.61 Å². The molecule has 0 fully saturated rings. The van der Waals surface area contributed by atoms with Gasteiger partial charge >= 0.3 is 0 Å².